The number of hydrogen-bond acceptors (Lipinski definition) is 6. The Kier molecular flexibility index (Phi) is 6.03. The van der Waals surface area contributed by atoms with Crippen molar-refractivity contribution in [3.8, 4) is 11.3 Å². The molecule has 2 unspecified atom stereocenters. The number of benzene rings is 1. The molecule has 0 radical (unpaired) electrons. The summed E-state index contributed by atoms with van der Waals surface area (Å²) in [6, 6.07) is 14.3. The molecule has 3 aromatic rings. The molecule has 1 aromatic carbocycles. The third-order valence-corrected chi connectivity index (χ3v) is 8.36. The molecular weight excluding hydrogens is 488 g/mol. The van der Waals surface area contributed by atoms with Gasteiger partial charge in [-0.2, -0.15) is 0 Å². The highest BCUT2D eigenvalue weighted by Gasteiger charge is 2.47. The van der Waals surface area contributed by atoms with Crippen LogP contribution in [0, 0.1) is 0 Å². The van der Waals surface area contributed by atoms with Crippen LogP contribution in [-0.4, -0.2) is 45.1 Å². The molecular formula is C27H26N6O3S. The van der Waals surface area contributed by atoms with Gasteiger partial charge in [0.1, 0.15) is 10.3 Å². The minimum atomic E-state index is -0.550. The van der Waals surface area contributed by atoms with E-state index in [1.165, 1.54) is 18.7 Å². The second-order valence-electron chi connectivity index (χ2n) is 9.47. The molecule has 6 rings (SSSR count). The first-order valence-electron chi connectivity index (χ1n) is 12.3. The number of urea groups is 1. The number of nitrogens with zero attached hydrogens (tertiary/aromatic N) is 3. The van der Waals surface area contributed by atoms with E-state index in [-0.39, 0.29) is 29.9 Å². The Hall–Kier alpha value is -3.92. The lowest BCUT2D eigenvalue weighted by Gasteiger charge is -2.34. The molecule has 188 valence electrons. The number of hydrogen-bond donors (Lipinski definition) is 3. The maximum atomic E-state index is 13.5. The molecule has 9 nitrogen and oxygen atoms in total. The Morgan fingerprint density at radius 3 is 2.57 bits per heavy atom. The van der Waals surface area contributed by atoms with Gasteiger partial charge in [0.05, 0.1) is 23.1 Å². The fourth-order valence-electron chi connectivity index (χ4n) is 5.44. The van der Waals surface area contributed by atoms with Crippen LogP contribution in [0.25, 0.3) is 11.3 Å². The molecule has 3 N–H and O–H groups in total. The molecule has 0 bridgehead atoms. The maximum absolute atomic E-state index is 13.5. The summed E-state index contributed by atoms with van der Waals surface area (Å²) in [5.41, 5.74) is 3.95. The molecule has 4 atom stereocenters. The number of rotatable bonds is 5. The zero-order chi connectivity index (χ0) is 25.5. The lowest BCUT2D eigenvalue weighted by Crippen LogP contribution is -2.53. The third kappa shape index (κ3) is 4.31. The molecule has 2 aromatic heterocycles. The molecule has 10 heteroatoms. The first kappa shape index (κ1) is 23.5. The molecule has 37 heavy (non-hydrogen) atoms. The number of amides is 4. The second-order valence-corrected chi connectivity index (χ2v) is 10.6. The summed E-state index contributed by atoms with van der Waals surface area (Å²) < 4.78 is 0. The minimum Gasteiger partial charge on any atom is -0.352 e. The van der Waals surface area contributed by atoms with Crippen molar-refractivity contribution in [2.24, 2.45) is 0 Å². The second kappa shape index (κ2) is 9.51. The first-order valence-corrected chi connectivity index (χ1v) is 13.2. The smallest absolute Gasteiger partial charge is 0.327 e. The van der Waals surface area contributed by atoms with Crippen molar-refractivity contribution in [1.82, 2.24) is 25.9 Å². The SMILES string of the molecule is CC(=O)N[C@H]1CCC[C@H]1NC(=O)C1Sc2nccc3c2C1NC(=O)N3c1ccnc(-c2ccccc2)c1. The van der Waals surface area contributed by atoms with E-state index in [1.54, 1.807) is 23.4 Å². The van der Waals surface area contributed by atoms with Crippen molar-refractivity contribution >= 4 is 41.0 Å². The number of carbonyl (C=O) groups excluding carboxylic acids is 3. The minimum absolute atomic E-state index is 0.0779. The summed E-state index contributed by atoms with van der Waals surface area (Å²) >= 11 is 1.36. The van der Waals surface area contributed by atoms with E-state index in [0.717, 1.165) is 41.1 Å². The fourth-order valence-corrected chi connectivity index (χ4v) is 6.67. The lowest BCUT2D eigenvalue weighted by molar-refractivity contribution is -0.123. The topological polar surface area (TPSA) is 116 Å². The van der Waals surface area contributed by atoms with Gasteiger partial charge in [-0.25, -0.2) is 9.78 Å². The Balaban J connectivity index is 1.28. The van der Waals surface area contributed by atoms with E-state index in [1.807, 2.05) is 42.5 Å². The van der Waals surface area contributed by atoms with Crippen LogP contribution in [0.2, 0.25) is 0 Å². The monoisotopic (exact) mass is 514 g/mol. The normalized spacial score (nSPS) is 23.8. The molecule has 0 saturated heterocycles. The number of nitrogens with one attached hydrogen (secondary N) is 3. The Labute approximate surface area is 218 Å². The van der Waals surface area contributed by atoms with Crippen LogP contribution in [0.3, 0.4) is 0 Å². The highest BCUT2D eigenvalue weighted by molar-refractivity contribution is 8.01. The summed E-state index contributed by atoms with van der Waals surface area (Å²) in [4.78, 5) is 49.1. The predicted molar refractivity (Wildman–Crippen MR) is 140 cm³/mol. The summed E-state index contributed by atoms with van der Waals surface area (Å²) in [7, 11) is 0. The average molecular weight is 515 g/mol. The molecule has 0 spiro atoms. The van der Waals surface area contributed by atoms with Crippen LogP contribution < -0.4 is 20.9 Å². The van der Waals surface area contributed by atoms with Crippen molar-refractivity contribution in [3.63, 3.8) is 0 Å². The van der Waals surface area contributed by atoms with Crippen LogP contribution in [0.4, 0.5) is 16.2 Å². The first-order chi connectivity index (χ1) is 18.0. The fraction of sp³-hybridized carbons (Fsp3) is 0.296. The van der Waals surface area contributed by atoms with Gasteiger partial charge in [-0.1, -0.05) is 42.1 Å². The van der Waals surface area contributed by atoms with Gasteiger partial charge in [-0.15, -0.1) is 0 Å². The predicted octanol–water partition coefficient (Wildman–Crippen LogP) is 3.69. The Morgan fingerprint density at radius 2 is 1.78 bits per heavy atom. The van der Waals surface area contributed by atoms with E-state index >= 15 is 0 Å². The van der Waals surface area contributed by atoms with Crippen LogP contribution >= 0.6 is 11.8 Å². The van der Waals surface area contributed by atoms with Crippen LogP contribution in [-0.2, 0) is 9.59 Å². The number of aromatic nitrogens is 2. The zero-order valence-electron chi connectivity index (χ0n) is 20.2. The average Bonchev–Trinajstić information content (AvgIpc) is 3.49. The molecule has 2 aliphatic heterocycles. The summed E-state index contributed by atoms with van der Waals surface area (Å²) in [5, 5.41) is 9.31. The van der Waals surface area contributed by atoms with Crippen LogP contribution in [0.15, 0.2) is 66.0 Å². The van der Waals surface area contributed by atoms with Crippen molar-refractivity contribution in [1.29, 1.82) is 0 Å². The van der Waals surface area contributed by atoms with Gasteiger partial charge in [0.25, 0.3) is 0 Å². The summed E-state index contributed by atoms with van der Waals surface area (Å²) in [6.07, 6.45) is 5.94. The molecule has 4 heterocycles. The maximum Gasteiger partial charge on any atom is 0.327 e. The largest absolute Gasteiger partial charge is 0.352 e. The third-order valence-electron chi connectivity index (χ3n) is 7.07. The lowest BCUT2D eigenvalue weighted by atomic mass is 9.99. The zero-order valence-corrected chi connectivity index (χ0v) is 21.0. The van der Waals surface area contributed by atoms with Gasteiger partial charge in [0.15, 0.2) is 0 Å². The van der Waals surface area contributed by atoms with E-state index in [9.17, 15) is 14.4 Å². The number of anilines is 2. The van der Waals surface area contributed by atoms with E-state index in [0.29, 0.717) is 11.4 Å². The van der Waals surface area contributed by atoms with Gasteiger partial charge in [0, 0.05) is 42.5 Å². The Morgan fingerprint density at radius 1 is 1.03 bits per heavy atom. The van der Waals surface area contributed by atoms with Gasteiger partial charge in [-0.3, -0.25) is 19.5 Å². The van der Waals surface area contributed by atoms with Gasteiger partial charge in [-0.05, 0) is 37.5 Å². The highest BCUT2D eigenvalue weighted by atomic mass is 32.2. The van der Waals surface area contributed by atoms with Gasteiger partial charge >= 0.3 is 6.03 Å². The van der Waals surface area contributed by atoms with Crippen molar-refractivity contribution in [2.45, 2.75) is 54.6 Å². The van der Waals surface area contributed by atoms with E-state index in [2.05, 4.69) is 25.9 Å². The van der Waals surface area contributed by atoms with Crippen molar-refractivity contribution < 1.29 is 14.4 Å². The van der Waals surface area contributed by atoms with E-state index in [4.69, 9.17) is 0 Å². The van der Waals surface area contributed by atoms with Gasteiger partial charge in [0.2, 0.25) is 11.8 Å². The highest BCUT2D eigenvalue weighted by Crippen LogP contribution is 2.50. The molecule has 1 saturated carbocycles. The van der Waals surface area contributed by atoms with Crippen LogP contribution in [0.1, 0.15) is 37.8 Å². The number of carbonyl (C=O) groups is 3. The molecule has 1 aliphatic carbocycles. The molecule has 4 amide bonds. The summed E-state index contributed by atoms with van der Waals surface area (Å²) in [5.74, 6) is -0.265. The quantitative estimate of drug-likeness (QED) is 0.478. The standard InChI is InChI=1S/C27H26N6O3S/c1-15(34)30-18-8-5-9-19(18)31-25(35)24-23-22-21(11-13-29-26(22)37-24)33(27(36)32-23)17-10-12-28-20(14-17)16-6-3-2-4-7-16/h2-4,6-7,10-14,18-19,23-24H,5,8-9H2,1H3,(H,30,34)(H,31,35)(H,32,36)/t18-,19+,23?,24?/m0/s1. The van der Waals surface area contributed by atoms with E-state index < -0.39 is 11.3 Å². The van der Waals surface area contributed by atoms with Crippen molar-refractivity contribution in [2.75, 3.05) is 4.90 Å². The molecule has 1 fully saturated rings. The summed E-state index contributed by atoms with van der Waals surface area (Å²) in [6.45, 7) is 1.49. The van der Waals surface area contributed by atoms with Gasteiger partial charge < -0.3 is 16.0 Å². The number of thioether (sulfide) groups is 1. The number of pyridine rings is 2. The Bertz CT molecular complexity index is 1380. The molecule has 3 aliphatic rings. The van der Waals surface area contributed by atoms with Crippen LogP contribution in [0.5, 0.6) is 0 Å². The van der Waals surface area contributed by atoms with Crippen molar-refractivity contribution in [3.05, 3.63) is 66.5 Å².